The number of ether oxygens (including phenoxy) is 1. The molecule has 2 aliphatic heterocycles. The van der Waals surface area contributed by atoms with Gasteiger partial charge >= 0.3 is 0 Å². The molecule has 2 aliphatic rings. The molecule has 0 saturated carbocycles. The molecule has 1 N–H and O–H groups in total. The van der Waals surface area contributed by atoms with Gasteiger partial charge in [-0.3, -0.25) is 4.79 Å². The van der Waals surface area contributed by atoms with Gasteiger partial charge in [-0.2, -0.15) is 0 Å². The Morgan fingerprint density at radius 1 is 1.32 bits per heavy atom. The molecule has 0 unspecified atom stereocenters. The number of benzene rings is 1. The van der Waals surface area contributed by atoms with Gasteiger partial charge in [-0.15, -0.1) is 0 Å². The van der Waals surface area contributed by atoms with Gasteiger partial charge in [0.1, 0.15) is 11.4 Å². The van der Waals surface area contributed by atoms with Crippen LogP contribution in [0.1, 0.15) is 58.1 Å². The Kier molecular flexibility index (Phi) is 5.38. The van der Waals surface area contributed by atoms with Gasteiger partial charge in [-0.05, 0) is 49.8 Å². The Labute approximate surface area is 151 Å². The highest BCUT2D eigenvalue weighted by Gasteiger charge is 2.30. The lowest BCUT2D eigenvalue weighted by molar-refractivity contribution is -0.133. The minimum atomic E-state index is -0.0796. The average molecular weight is 344 g/mol. The number of carbonyl (C=O) groups excluding carboxylic acids is 1. The van der Waals surface area contributed by atoms with Crippen LogP contribution in [0.4, 0.5) is 0 Å². The number of hydrogen-bond acceptors (Lipinski definition) is 3. The summed E-state index contributed by atoms with van der Waals surface area (Å²) in [6.45, 7) is 11.1. The van der Waals surface area contributed by atoms with Crippen molar-refractivity contribution in [2.75, 3.05) is 13.1 Å². The van der Waals surface area contributed by atoms with Crippen LogP contribution in [0.3, 0.4) is 0 Å². The fourth-order valence-electron chi connectivity index (χ4n) is 3.85. The summed E-state index contributed by atoms with van der Waals surface area (Å²) in [7, 11) is 0. The number of piperidine rings is 1. The van der Waals surface area contributed by atoms with E-state index >= 15 is 0 Å². The third kappa shape index (κ3) is 4.75. The average Bonchev–Trinajstić information content (AvgIpc) is 2.85. The molecule has 4 nitrogen and oxygen atoms in total. The number of nitrogens with one attached hydrogen (secondary N) is 1. The van der Waals surface area contributed by atoms with Crippen LogP contribution in [0, 0.1) is 5.92 Å². The lowest BCUT2D eigenvalue weighted by Crippen LogP contribution is -2.44. The van der Waals surface area contributed by atoms with E-state index in [0.29, 0.717) is 24.3 Å². The predicted octanol–water partition coefficient (Wildman–Crippen LogP) is 3.53. The Balaban J connectivity index is 1.46. The largest absolute Gasteiger partial charge is 0.487 e. The Hall–Kier alpha value is -1.55. The number of rotatable bonds is 5. The maximum atomic E-state index is 12.1. The molecule has 1 aromatic rings. The molecule has 4 heteroatoms. The molecule has 0 radical (unpaired) electrons. The van der Waals surface area contributed by atoms with Crippen molar-refractivity contribution >= 4 is 5.91 Å². The van der Waals surface area contributed by atoms with Crippen LogP contribution in [-0.2, 0) is 17.8 Å². The van der Waals surface area contributed by atoms with Crippen molar-refractivity contribution in [1.29, 1.82) is 0 Å². The zero-order valence-electron chi connectivity index (χ0n) is 16.1. The van der Waals surface area contributed by atoms with E-state index in [-0.39, 0.29) is 5.60 Å². The third-order valence-corrected chi connectivity index (χ3v) is 5.15. The molecule has 1 amide bonds. The van der Waals surface area contributed by atoms with Crippen LogP contribution in [0.2, 0.25) is 0 Å². The molecule has 1 saturated heterocycles. The number of fused-ring (bicyclic) bond motifs is 1. The van der Waals surface area contributed by atoms with Crippen molar-refractivity contribution in [3.8, 4) is 5.75 Å². The van der Waals surface area contributed by atoms with Gasteiger partial charge in [0.05, 0.1) is 0 Å². The lowest BCUT2D eigenvalue weighted by Gasteiger charge is -2.33. The van der Waals surface area contributed by atoms with Crippen molar-refractivity contribution in [1.82, 2.24) is 10.2 Å². The molecular formula is C21H32N2O2. The van der Waals surface area contributed by atoms with Crippen LogP contribution < -0.4 is 10.1 Å². The van der Waals surface area contributed by atoms with Crippen LogP contribution >= 0.6 is 0 Å². The number of carbonyl (C=O) groups is 1. The fourth-order valence-corrected chi connectivity index (χ4v) is 3.85. The first-order valence-electron chi connectivity index (χ1n) is 9.64. The van der Waals surface area contributed by atoms with Gasteiger partial charge in [-0.25, -0.2) is 0 Å². The van der Waals surface area contributed by atoms with Crippen molar-refractivity contribution in [2.45, 2.75) is 71.6 Å². The number of hydrogen-bond donors (Lipinski definition) is 1. The molecule has 0 aromatic heterocycles. The second-order valence-electron chi connectivity index (χ2n) is 8.61. The summed E-state index contributed by atoms with van der Waals surface area (Å²) in [4.78, 5) is 14.2. The summed E-state index contributed by atoms with van der Waals surface area (Å²) >= 11 is 0. The van der Waals surface area contributed by atoms with E-state index in [2.05, 4.69) is 51.2 Å². The maximum Gasteiger partial charge on any atom is 0.222 e. The van der Waals surface area contributed by atoms with E-state index in [1.54, 1.807) is 0 Å². The molecular weight excluding hydrogens is 312 g/mol. The predicted molar refractivity (Wildman–Crippen MR) is 101 cm³/mol. The summed E-state index contributed by atoms with van der Waals surface area (Å²) in [5, 5.41) is 3.67. The molecule has 0 spiro atoms. The first-order valence-corrected chi connectivity index (χ1v) is 9.64. The van der Waals surface area contributed by atoms with Crippen molar-refractivity contribution < 1.29 is 9.53 Å². The zero-order valence-corrected chi connectivity index (χ0v) is 16.1. The molecule has 2 heterocycles. The van der Waals surface area contributed by atoms with Crippen LogP contribution in [0.25, 0.3) is 0 Å². The minimum absolute atomic E-state index is 0.0796. The van der Waals surface area contributed by atoms with Crippen LogP contribution in [0.5, 0.6) is 5.75 Å². The van der Waals surface area contributed by atoms with Gasteiger partial charge in [0.15, 0.2) is 0 Å². The van der Waals surface area contributed by atoms with Gasteiger partial charge in [0.2, 0.25) is 5.91 Å². The molecule has 3 rings (SSSR count). The summed E-state index contributed by atoms with van der Waals surface area (Å²) in [6, 6.07) is 7.05. The SMILES string of the molecule is CC(C)CC(=O)N1CCC(NCc2ccc3c(c2)CC(C)(C)O3)CC1. The Morgan fingerprint density at radius 3 is 2.72 bits per heavy atom. The lowest BCUT2D eigenvalue weighted by atomic mass is 9.99. The van der Waals surface area contributed by atoms with E-state index in [4.69, 9.17) is 4.74 Å². The first kappa shape index (κ1) is 18.2. The van der Waals surface area contributed by atoms with Crippen molar-refractivity contribution in [3.05, 3.63) is 29.3 Å². The standard InChI is InChI=1S/C21H32N2O2/c1-15(2)11-20(24)23-9-7-18(8-10-23)22-14-16-5-6-19-17(12-16)13-21(3,4)25-19/h5-6,12,15,18,22H,7-11,13-14H2,1-4H3. The van der Waals surface area contributed by atoms with E-state index < -0.39 is 0 Å². The normalized spacial score (nSPS) is 19.8. The monoisotopic (exact) mass is 344 g/mol. The number of amides is 1. The van der Waals surface area contributed by atoms with Crippen molar-refractivity contribution in [3.63, 3.8) is 0 Å². The highest BCUT2D eigenvalue weighted by molar-refractivity contribution is 5.76. The van der Waals surface area contributed by atoms with Crippen LogP contribution in [-0.4, -0.2) is 35.5 Å². The van der Waals surface area contributed by atoms with E-state index in [1.807, 2.05) is 4.90 Å². The molecule has 1 fully saturated rings. The van der Waals surface area contributed by atoms with Gasteiger partial charge < -0.3 is 15.0 Å². The summed E-state index contributed by atoms with van der Waals surface area (Å²) in [5.74, 6) is 1.79. The minimum Gasteiger partial charge on any atom is -0.487 e. The molecule has 0 aliphatic carbocycles. The van der Waals surface area contributed by atoms with Crippen LogP contribution in [0.15, 0.2) is 18.2 Å². The zero-order chi connectivity index (χ0) is 18.0. The second-order valence-corrected chi connectivity index (χ2v) is 8.61. The third-order valence-electron chi connectivity index (χ3n) is 5.15. The Morgan fingerprint density at radius 2 is 2.04 bits per heavy atom. The fraction of sp³-hybridized carbons (Fsp3) is 0.667. The van der Waals surface area contributed by atoms with Gasteiger partial charge in [0, 0.05) is 38.5 Å². The highest BCUT2D eigenvalue weighted by Crippen LogP contribution is 2.35. The van der Waals surface area contributed by atoms with Gasteiger partial charge in [0.25, 0.3) is 0 Å². The van der Waals surface area contributed by atoms with Gasteiger partial charge in [-0.1, -0.05) is 26.0 Å². The topological polar surface area (TPSA) is 41.6 Å². The summed E-state index contributed by atoms with van der Waals surface area (Å²) in [6.07, 6.45) is 3.74. The van der Waals surface area contributed by atoms with E-state index in [0.717, 1.165) is 44.6 Å². The second kappa shape index (κ2) is 7.36. The highest BCUT2D eigenvalue weighted by atomic mass is 16.5. The van der Waals surface area contributed by atoms with E-state index in [9.17, 15) is 4.79 Å². The smallest absolute Gasteiger partial charge is 0.222 e. The molecule has 138 valence electrons. The molecule has 25 heavy (non-hydrogen) atoms. The summed E-state index contributed by atoms with van der Waals surface area (Å²) < 4.78 is 5.95. The number of nitrogens with zero attached hydrogens (tertiary/aromatic N) is 1. The summed E-state index contributed by atoms with van der Waals surface area (Å²) in [5.41, 5.74) is 2.56. The maximum absolute atomic E-state index is 12.1. The molecule has 0 bridgehead atoms. The van der Waals surface area contributed by atoms with E-state index in [1.165, 1.54) is 11.1 Å². The number of likely N-dealkylation sites (tertiary alicyclic amines) is 1. The molecule has 1 aromatic carbocycles. The Bertz CT molecular complexity index is 616. The first-order chi connectivity index (χ1) is 11.8. The van der Waals surface area contributed by atoms with Crippen molar-refractivity contribution in [2.24, 2.45) is 5.92 Å². The molecule has 0 atom stereocenters. The quantitative estimate of drug-likeness (QED) is 0.888.